The zero-order valence-electron chi connectivity index (χ0n) is 9.90. The molecule has 0 radical (unpaired) electrons. The van der Waals surface area contributed by atoms with Crippen LogP contribution in [0.4, 0.5) is 5.69 Å². The molecule has 0 unspecified atom stereocenters. The van der Waals surface area contributed by atoms with Crippen molar-refractivity contribution in [3.05, 3.63) is 18.2 Å². The van der Waals surface area contributed by atoms with E-state index in [4.69, 9.17) is 10.5 Å². The molecule has 5 heteroatoms. The number of hydrogen-bond donors (Lipinski definition) is 2. The molecule has 1 heterocycles. The second-order valence-corrected chi connectivity index (χ2v) is 4.86. The highest BCUT2D eigenvalue weighted by Crippen LogP contribution is 2.20. The fourth-order valence-corrected chi connectivity index (χ4v) is 2.26. The van der Waals surface area contributed by atoms with E-state index in [9.17, 15) is 0 Å². The molecule has 0 aliphatic heterocycles. The molecule has 0 saturated heterocycles. The van der Waals surface area contributed by atoms with Crippen LogP contribution in [0.25, 0.3) is 11.0 Å². The van der Waals surface area contributed by atoms with Crippen LogP contribution >= 0.6 is 11.8 Å². The number of thioether (sulfide) groups is 1. The zero-order valence-corrected chi connectivity index (χ0v) is 10.7. The molecule has 92 valence electrons. The number of nitrogen functional groups attached to an aromatic ring is 1. The van der Waals surface area contributed by atoms with E-state index in [1.54, 1.807) is 11.8 Å². The number of H-pyrrole nitrogens is 1. The number of rotatable bonds is 6. The Morgan fingerprint density at radius 1 is 1.41 bits per heavy atom. The minimum absolute atomic E-state index is 0.754. The van der Waals surface area contributed by atoms with Crippen molar-refractivity contribution in [3.8, 4) is 0 Å². The number of aromatic nitrogens is 2. The molecular weight excluding hydrogens is 234 g/mol. The zero-order chi connectivity index (χ0) is 12.1. The normalized spacial score (nSPS) is 11.1. The third kappa shape index (κ3) is 3.38. The van der Waals surface area contributed by atoms with Gasteiger partial charge in [-0.05, 0) is 24.6 Å². The second kappa shape index (κ2) is 5.93. The molecule has 0 atom stereocenters. The van der Waals surface area contributed by atoms with Crippen molar-refractivity contribution in [2.75, 3.05) is 24.7 Å². The Bertz CT molecular complexity index is 484. The van der Waals surface area contributed by atoms with Gasteiger partial charge in [-0.25, -0.2) is 4.98 Å². The van der Waals surface area contributed by atoms with Crippen molar-refractivity contribution in [3.63, 3.8) is 0 Å². The number of aromatic amines is 1. The van der Waals surface area contributed by atoms with E-state index < -0.39 is 0 Å². The lowest BCUT2D eigenvalue weighted by molar-refractivity contribution is 0.151. The lowest BCUT2D eigenvalue weighted by atomic mass is 10.3. The molecule has 0 aliphatic carbocycles. The van der Waals surface area contributed by atoms with Gasteiger partial charge in [0.25, 0.3) is 0 Å². The molecule has 17 heavy (non-hydrogen) atoms. The van der Waals surface area contributed by atoms with Crippen LogP contribution in [-0.2, 0) is 4.74 Å². The van der Waals surface area contributed by atoms with Crippen LogP contribution in [0.15, 0.2) is 23.4 Å². The third-order valence-electron chi connectivity index (χ3n) is 2.30. The molecular formula is C12H17N3OS. The first-order valence-corrected chi connectivity index (χ1v) is 6.74. The van der Waals surface area contributed by atoms with E-state index in [-0.39, 0.29) is 0 Å². The quantitative estimate of drug-likeness (QED) is 0.470. The van der Waals surface area contributed by atoms with Crippen LogP contribution in [0.1, 0.15) is 13.3 Å². The second-order valence-electron chi connectivity index (χ2n) is 3.78. The maximum Gasteiger partial charge on any atom is 0.166 e. The Morgan fingerprint density at radius 3 is 3.12 bits per heavy atom. The molecule has 0 saturated carbocycles. The minimum atomic E-state index is 0.754. The van der Waals surface area contributed by atoms with Gasteiger partial charge in [-0.1, -0.05) is 18.7 Å². The first-order valence-electron chi connectivity index (χ1n) is 5.75. The fourth-order valence-electron chi connectivity index (χ4n) is 1.52. The number of fused-ring (bicyclic) bond motifs is 1. The number of hydrogen-bond acceptors (Lipinski definition) is 4. The molecule has 0 spiro atoms. The Kier molecular flexibility index (Phi) is 4.28. The first-order chi connectivity index (χ1) is 8.29. The summed E-state index contributed by atoms with van der Waals surface area (Å²) in [6.07, 6.45) is 1.06. The van der Waals surface area contributed by atoms with Crippen molar-refractivity contribution in [2.24, 2.45) is 0 Å². The molecule has 0 amide bonds. The topological polar surface area (TPSA) is 63.9 Å². The predicted octanol–water partition coefficient (Wildman–Crippen LogP) is 2.66. The van der Waals surface area contributed by atoms with Crippen LogP contribution in [0.2, 0.25) is 0 Å². The Balaban J connectivity index is 1.91. The van der Waals surface area contributed by atoms with Crippen molar-refractivity contribution in [2.45, 2.75) is 18.5 Å². The monoisotopic (exact) mass is 251 g/mol. The minimum Gasteiger partial charge on any atom is -0.399 e. The Morgan fingerprint density at radius 2 is 2.29 bits per heavy atom. The molecule has 2 rings (SSSR count). The highest BCUT2D eigenvalue weighted by atomic mass is 32.2. The largest absolute Gasteiger partial charge is 0.399 e. The summed E-state index contributed by atoms with van der Waals surface area (Å²) < 4.78 is 5.42. The van der Waals surface area contributed by atoms with Gasteiger partial charge >= 0.3 is 0 Å². The van der Waals surface area contributed by atoms with Gasteiger partial charge in [-0.2, -0.15) is 0 Å². The summed E-state index contributed by atoms with van der Waals surface area (Å²) in [4.78, 5) is 7.71. The lowest BCUT2D eigenvalue weighted by Crippen LogP contribution is -1.98. The number of imidazole rings is 1. The molecule has 4 nitrogen and oxygen atoms in total. The molecule has 0 bridgehead atoms. The number of nitrogens with zero attached hydrogens (tertiary/aromatic N) is 1. The maximum atomic E-state index is 5.71. The van der Waals surface area contributed by atoms with Gasteiger partial charge in [0, 0.05) is 18.0 Å². The molecule has 1 aromatic carbocycles. The van der Waals surface area contributed by atoms with Crippen molar-refractivity contribution < 1.29 is 4.74 Å². The molecule has 0 fully saturated rings. The standard InChI is InChI=1S/C12H17N3OS/c1-2-5-16-6-7-17-12-14-10-4-3-9(13)8-11(10)15-12/h3-4,8H,2,5-7,13H2,1H3,(H,14,15). The molecule has 2 aromatic rings. The highest BCUT2D eigenvalue weighted by Gasteiger charge is 2.03. The Labute approximate surface area is 105 Å². The summed E-state index contributed by atoms with van der Waals surface area (Å²) in [7, 11) is 0. The highest BCUT2D eigenvalue weighted by molar-refractivity contribution is 7.99. The van der Waals surface area contributed by atoms with E-state index in [0.29, 0.717) is 0 Å². The van der Waals surface area contributed by atoms with Gasteiger partial charge in [-0.15, -0.1) is 0 Å². The molecule has 0 aliphatic rings. The average Bonchev–Trinajstić information content (AvgIpc) is 2.70. The number of benzene rings is 1. The first kappa shape index (κ1) is 12.3. The van der Waals surface area contributed by atoms with E-state index in [1.165, 1.54) is 0 Å². The van der Waals surface area contributed by atoms with Gasteiger partial charge in [0.1, 0.15) is 0 Å². The van der Waals surface area contributed by atoms with Crippen LogP contribution < -0.4 is 5.73 Å². The third-order valence-corrected chi connectivity index (χ3v) is 3.14. The molecule has 1 aromatic heterocycles. The van der Waals surface area contributed by atoms with Crippen LogP contribution in [0, 0.1) is 0 Å². The summed E-state index contributed by atoms with van der Waals surface area (Å²) in [5.41, 5.74) is 8.41. The number of nitrogens with one attached hydrogen (secondary N) is 1. The summed E-state index contributed by atoms with van der Waals surface area (Å²) in [5, 5.41) is 0.922. The smallest absolute Gasteiger partial charge is 0.166 e. The number of nitrogens with two attached hydrogens (primary N) is 1. The summed E-state index contributed by atoms with van der Waals surface area (Å²) in [6, 6.07) is 5.70. The van der Waals surface area contributed by atoms with E-state index >= 15 is 0 Å². The van der Waals surface area contributed by atoms with Gasteiger partial charge < -0.3 is 15.5 Å². The summed E-state index contributed by atoms with van der Waals surface area (Å²) in [6.45, 7) is 3.70. The summed E-state index contributed by atoms with van der Waals surface area (Å²) >= 11 is 1.67. The lowest BCUT2D eigenvalue weighted by Gasteiger charge is -1.99. The number of anilines is 1. The van der Waals surface area contributed by atoms with Gasteiger partial charge in [0.2, 0.25) is 0 Å². The van der Waals surface area contributed by atoms with Gasteiger partial charge in [0.15, 0.2) is 5.16 Å². The number of ether oxygens (including phenoxy) is 1. The Hall–Kier alpha value is -1.20. The van der Waals surface area contributed by atoms with Gasteiger partial charge in [0.05, 0.1) is 17.6 Å². The van der Waals surface area contributed by atoms with Gasteiger partial charge in [-0.3, -0.25) is 0 Å². The maximum absolute atomic E-state index is 5.71. The van der Waals surface area contributed by atoms with E-state index in [0.717, 1.165) is 47.3 Å². The fraction of sp³-hybridized carbons (Fsp3) is 0.417. The average molecular weight is 251 g/mol. The van der Waals surface area contributed by atoms with E-state index in [1.807, 2.05) is 18.2 Å². The van der Waals surface area contributed by atoms with Crippen molar-refractivity contribution >= 4 is 28.5 Å². The van der Waals surface area contributed by atoms with Crippen molar-refractivity contribution in [1.29, 1.82) is 0 Å². The SMILES string of the molecule is CCCOCCSc1nc2ccc(N)cc2[nH]1. The van der Waals surface area contributed by atoms with Crippen LogP contribution in [-0.4, -0.2) is 28.9 Å². The molecule has 3 N–H and O–H groups in total. The van der Waals surface area contributed by atoms with Crippen molar-refractivity contribution in [1.82, 2.24) is 9.97 Å². The van der Waals surface area contributed by atoms with Crippen LogP contribution in [0.3, 0.4) is 0 Å². The predicted molar refractivity (Wildman–Crippen MR) is 72.3 cm³/mol. The van der Waals surface area contributed by atoms with E-state index in [2.05, 4.69) is 16.9 Å². The summed E-state index contributed by atoms with van der Waals surface area (Å²) in [5.74, 6) is 0.912. The van der Waals surface area contributed by atoms with Crippen LogP contribution in [0.5, 0.6) is 0 Å².